The summed E-state index contributed by atoms with van der Waals surface area (Å²) in [5, 5.41) is 0. The van der Waals surface area contributed by atoms with Gasteiger partial charge in [-0.2, -0.15) is 0 Å². The Morgan fingerprint density at radius 1 is 1.05 bits per heavy atom. The first-order chi connectivity index (χ1) is 9.67. The third-order valence-electron chi connectivity index (χ3n) is 4.54. The summed E-state index contributed by atoms with van der Waals surface area (Å²) in [6, 6.07) is 9.79. The molecule has 1 fully saturated rings. The number of hydrogen-bond donors (Lipinski definition) is 1. The minimum atomic E-state index is 0.375. The van der Waals surface area contributed by atoms with Gasteiger partial charge in [-0.15, -0.1) is 0 Å². The lowest BCUT2D eigenvalue weighted by Crippen LogP contribution is -2.51. The molecule has 1 atom stereocenters. The van der Waals surface area contributed by atoms with Crippen LogP contribution in [-0.4, -0.2) is 48.6 Å². The molecule has 20 heavy (non-hydrogen) atoms. The molecule has 3 nitrogen and oxygen atoms in total. The monoisotopic (exact) mass is 275 g/mol. The summed E-state index contributed by atoms with van der Waals surface area (Å²) in [5.74, 6) is 0. The molecule has 0 aromatic heterocycles. The standard InChI is InChI=1S/C17H29N3/c1-4-15-7-5-6-8-16(15)17(13-18)20-11-9-19(10-12-20)14(2)3/h5-8,14,17H,4,9-13,18H2,1-3H3. The molecule has 0 radical (unpaired) electrons. The summed E-state index contributed by atoms with van der Waals surface area (Å²) in [6.45, 7) is 12.0. The van der Waals surface area contributed by atoms with Crippen LogP contribution in [0, 0.1) is 0 Å². The second kappa shape index (κ2) is 7.21. The molecule has 2 N–H and O–H groups in total. The van der Waals surface area contributed by atoms with Crippen molar-refractivity contribution in [3.05, 3.63) is 35.4 Å². The summed E-state index contributed by atoms with van der Waals surface area (Å²) in [7, 11) is 0. The average Bonchev–Trinajstić information content (AvgIpc) is 2.49. The van der Waals surface area contributed by atoms with Crippen LogP contribution in [0.15, 0.2) is 24.3 Å². The van der Waals surface area contributed by atoms with Gasteiger partial charge in [0, 0.05) is 44.8 Å². The predicted molar refractivity (Wildman–Crippen MR) is 85.9 cm³/mol. The van der Waals surface area contributed by atoms with Gasteiger partial charge in [0.05, 0.1) is 0 Å². The zero-order valence-corrected chi connectivity index (χ0v) is 13.2. The summed E-state index contributed by atoms with van der Waals surface area (Å²) in [5.41, 5.74) is 8.96. The molecule has 2 rings (SSSR count). The van der Waals surface area contributed by atoms with Gasteiger partial charge in [-0.05, 0) is 31.4 Å². The van der Waals surface area contributed by atoms with Crippen molar-refractivity contribution in [1.82, 2.24) is 9.80 Å². The van der Waals surface area contributed by atoms with E-state index in [9.17, 15) is 0 Å². The first-order valence-electron chi connectivity index (χ1n) is 7.93. The highest BCUT2D eigenvalue weighted by Gasteiger charge is 2.25. The molecular weight excluding hydrogens is 246 g/mol. The van der Waals surface area contributed by atoms with Crippen molar-refractivity contribution in [2.75, 3.05) is 32.7 Å². The van der Waals surface area contributed by atoms with Gasteiger partial charge in [0.25, 0.3) is 0 Å². The molecule has 1 aliphatic heterocycles. The fraction of sp³-hybridized carbons (Fsp3) is 0.647. The highest BCUT2D eigenvalue weighted by molar-refractivity contribution is 5.30. The van der Waals surface area contributed by atoms with Crippen LogP contribution in [0.4, 0.5) is 0 Å². The number of hydrogen-bond acceptors (Lipinski definition) is 3. The van der Waals surface area contributed by atoms with Crippen molar-refractivity contribution in [1.29, 1.82) is 0 Å². The molecule has 0 aliphatic carbocycles. The van der Waals surface area contributed by atoms with E-state index in [0.29, 0.717) is 18.6 Å². The smallest absolute Gasteiger partial charge is 0.0474 e. The highest BCUT2D eigenvalue weighted by Crippen LogP contribution is 2.25. The molecule has 1 aromatic carbocycles. The Balaban J connectivity index is 2.09. The number of aryl methyl sites for hydroxylation is 1. The number of nitrogens with two attached hydrogens (primary N) is 1. The van der Waals surface area contributed by atoms with E-state index < -0.39 is 0 Å². The van der Waals surface area contributed by atoms with Crippen LogP contribution in [0.5, 0.6) is 0 Å². The van der Waals surface area contributed by atoms with Crippen LogP contribution in [0.2, 0.25) is 0 Å². The maximum Gasteiger partial charge on any atom is 0.0474 e. The number of nitrogens with zero attached hydrogens (tertiary/aromatic N) is 2. The van der Waals surface area contributed by atoms with E-state index in [-0.39, 0.29) is 0 Å². The summed E-state index contributed by atoms with van der Waals surface area (Å²) >= 11 is 0. The molecule has 1 saturated heterocycles. The maximum atomic E-state index is 6.10. The molecule has 1 heterocycles. The Hall–Kier alpha value is -0.900. The average molecular weight is 275 g/mol. The van der Waals surface area contributed by atoms with Crippen LogP contribution >= 0.6 is 0 Å². The van der Waals surface area contributed by atoms with Crippen molar-refractivity contribution < 1.29 is 0 Å². The Morgan fingerprint density at radius 3 is 2.20 bits per heavy atom. The van der Waals surface area contributed by atoms with Crippen LogP contribution in [-0.2, 0) is 6.42 Å². The van der Waals surface area contributed by atoms with Gasteiger partial charge in [0.15, 0.2) is 0 Å². The second-order valence-corrected chi connectivity index (χ2v) is 5.97. The molecule has 1 aliphatic rings. The Labute approximate surface area is 123 Å². The van der Waals surface area contributed by atoms with Crippen molar-refractivity contribution in [3.63, 3.8) is 0 Å². The molecule has 3 heteroatoms. The van der Waals surface area contributed by atoms with E-state index in [1.807, 2.05) is 0 Å². The van der Waals surface area contributed by atoms with E-state index in [1.165, 1.54) is 11.1 Å². The lowest BCUT2D eigenvalue weighted by atomic mass is 9.97. The summed E-state index contributed by atoms with van der Waals surface area (Å²) in [6.07, 6.45) is 1.08. The first-order valence-corrected chi connectivity index (χ1v) is 7.93. The van der Waals surface area contributed by atoms with Gasteiger partial charge in [-0.3, -0.25) is 9.80 Å². The van der Waals surface area contributed by atoms with Crippen molar-refractivity contribution in [2.45, 2.75) is 39.3 Å². The Morgan fingerprint density at radius 2 is 1.65 bits per heavy atom. The minimum Gasteiger partial charge on any atom is -0.329 e. The lowest BCUT2D eigenvalue weighted by Gasteiger charge is -2.41. The van der Waals surface area contributed by atoms with Gasteiger partial charge in [0.1, 0.15) is 0 Å². The number of piperazine rings is 1. The van der Waals surface area contributed by atoms with Gasteiger partial charge >= 0.3 is 0 Å². The predicted octanol–water partition coefficient (Wildman–Crippen LogP) is 2.27. The van der Waals surface area contributed by atoms with Gasteiger partial charge in [-0.25, -0.2) is 0 Å². The van der Waals surface area contributed by atoms with E-state index >= 15 is 0 Å². The summed E-state index contributed by atoms with van der Waals surface area (Å²) in [4.78, 5) is 5.11. The first kappa shape index (κ1) is 15.5. The number of benzene rings is 1. The van der Waals surface area contributed by atoms with Gasteiger partial charge in [0.2, 0.25) is 0 Å². The molecule has 1 unspecified atom stereocenters. The van der Waals surface area contributed by atoms with Crippen LogP contribution < -0.4 is 5.73 Å². The topological polar surface area (TPSA) is 32.5 Å². The Bertz CT molecular complexity index is 408. The van der Waals surface area contributed by atoms with Crippen LogP contribution in [0.25, 0.3) is 0 Å². The second-order valence-electron chi connectivity index (χ2n) is 5.97. The third-order valence-corrected chi connectivity index (χ3v) is 4.54. The van der Waals surface area contributed by atoms with Crippen LogP contribution in [0.3, 0.4) is 0 Å². The van der Waals surface area contributed by atoms with Crippen molar-refractivity contribution >= 4 is 0 Å². The normalized spacial score (nSPS) is 19.4. The molecule has 0 amide bonds. The van der Waals surface area contributed by atoms with Gasteiger partial charge < -0.3 is 5.73 Å². The molecule has 0 bridgehead atoms. The van der Waals surface area contributed by atoms with Gasteiger partial charge in [-0.1, -0.05) is 31.2 Å². The van der Waals surface area contributed by atoms with E-state index in [1.54, 1.807) is 0 Å². The fourth-order valence-corrected chi connectivity index (χ4v) is 3.22. The van der Waals surface area contributed by atoms with E-state index in [2.05, 4.69) is 54.8 Å². The maximum absolute atomic E-state index is 6.10. The minimum absolute atomic E-state index is 0.375. The number of rotatable bonds is 5. The van der Waals surface area contributed by atoms with Crippen LogP contribution in [0.1, 0.15) is 37.9 Å². The van der Waals surface area contributed by atoms with Crippen molar-refractivity contribution in [3.8, 4) is 0 Å². The SMILES string of the molecule is CCc1ccccc1C(CN)N1CCN(C(C)C)CC1. The lowest BCUT2D eigenvalue weighted by molar-refractivity contribution is 0.0800. The third kappa shape index (κ3) is 3.40. The fourth-order valence-electron chi connectivity index (χ4n) is 3.22. The zero-order valence-electron chi connectivity index (χ0n) is 13.2. The largest absolute Gasteiger partial charge is 0.329 e. The quantitative estimate of drug-likeness (QED) is 0.895. The molecule has 1 aromatic rings. The molecular formula is C17H29N3. The molecule has 112 valence electrons. The molecule has 0 spiro atoms. The Kier molecular flexibility index (Phi) is 5.58. The molecule has 0 saturated carbocycles. The summed E-state index contributed by atoms with van der Waals surface area (Å²) < 4.78 is 0. The van der Waals surface area contributed by atoms with E-state index in [4.69, 9.17) is 5.73 Å². The van der Waals surface area contributed by atoms with Crippen molar-refractivity contribution in [2.24, 2.45) is 5.73 Å². The zero-order chi connectivity index (χ0) is 14.5. The van der Waals surface area contributed by atoms with E-state index in [0.717, 1.165) is 32.6 Å². The highest BCUT2D eigenvalue weighted by atomic mass is 15.3.